The minimum Gasteiger partial charge on any atom is -0.493 e. The van der Waals surface area contributed by atoms with Crippen LogP contribution < -0.4 is 14.4 Å². The van der Waals surface area contributed by atoms with Gasteiger partial charge in [0.25, 0.3) is 0 Å². The normalized spacial score (nSPS) is 16.7. The van der Waals surface area contributed by atoms with E-state index in [2.05, 4.69) is 35.0 Å². The Morgan fingerprint density at radius 2 is 1.71 bits per heavy atom. The molecule has 126 valence electrons. The molecule has 0 amide bonds. The van der Waals surface area contributed by atoms with Crippen LogP contribution in [-0.4, -0.2) is 30.7 Å². The van der Waals surface area contributed by atoms with Crippen molar-refractivity contribution in [1.29, 1.82) is 0 Å². The molecule has 24 heavy (non-hydrogen) atoms. The highest BCUT2D eigenvalue weighted by molar-refractivity contribution is 5.52. The molecule has 0 N–H and O–H groups in total. The molecule has 1 aliphatic heterocycles. The maximum absolute atomic E-state index is 5.45. The molecule has 0 atom stereocenters. The average molecular weight is 325 g/mol. The van der Waals surface area contributed by atoms with Crippen LogP contribution in [0.5, 0.6) is 11.5 Å². The summed E-state index contributed by atoms with van der Waals surface area (Å²) in [5.74, 6) is 4.23. The van der Waals surface area contributed by atoms with Crippen molar-refractivity contribution in [3.8, 4) is 11.5 Å². The van der Waals surface area contributed by atoms with Crippen molar-refractivity contribution < 1.29 is 9.47 Å². The van der Waals surface area contributed by atoms with Crippen LogP contribution in [0.15, 0.2) is 18.2 Å². The third-order valence-corrected chi connectivity index (χ3v) is 4.84. The van der Waals surface area contributed by atoms with Crippen LogP contribution >= 0.6 is 0 Å². The van der Waals surface area contributed by atoms with Crippen LogP contribution in [0.3, 0.4) is 0 Å². The summed E-state index contributed by atoms with van der Waals surface area (Å²) in [5, 5.41) is 0. The minimum atomic E-state index is 0.574. The molecule has 1 aliphatic carbocycles. The fraction of sp³-hybridized carbons (Fsp3) is 0.474. The highest BCUT2D eigenvalue weighted by atomic mass is 16.5. The monoisotopic (exact) mass is 325 g/mol. The van der Waals surface area contributed by atoms with E-state index in [1.54, 1.807) is 14.2 Å². The first-order chi connectivity index (χ1) is 11.7. The maximum Gasteiger partial charge on any atom is 0.161 e. The lowest BCUT2D eigenvalue weighted by atomic mass is 9.98. The van der Waals surface area contributed by atoms with Gasteiger partial charge >= 0.3 is 0 Å². The Hall–Kier alpha value is -2.30. The summed E-state index contributed by atoms with van der Waals surface area (Å²) in [6.07, 6.45) is 3.43. The largest absolute Gasteiger partial charge is 0.493 e. The molecule has 1 fully saturated rings. The summed E-state index contributed by atoms with van der Waals surface area (Å²) < 4.78 is 10.9. The Balaban J connectivity index is 1.64. The molecule has 0 saturated heterocycles. The number of aryl methyl sites for hydroxylation is 1. The average Bonchev–Trinajstić information content (AvgIpc) is 3.44. The lowest BCUT2D eigenvalue weighted by Crippen LogP contribution is -2.31. The molecule has 1 aromatic heterocycles. The highest BCUT2D eigenvalue weighted by Crippen LogP contribution is 2.39. The number of aromatic nitrogens is 2. The Morgan fingerprint density at radius 3 is 2.38 bits per heavy atom. The number of rotatable bonds is 4. The number of fused-ring (bicyclic) bond motifs is 1. The SMILES string of the molecule is COc1cc2c(cc1OC)CN(c1cc(C)nc(C3CC3)n1)CC2. The first-order valence-electron chi connectivity index (χ1n) is 8.52. The summed E-state index contributed by atoms with van der Waals surface area (Å²) in [6, 6.07) is 6.29. The zero-order valence-electron chi connectivity index (χ0n) is 14.5. The number of anilines is 1. The van der Waals surface area contributed by atoms with Gasteiger partial charge in [0.1, 0.15) is 11.6 Å². The molecule has 0 unspecified atom stereocenters. The number of hydrogen-bond acceptors (Lipinski definition) is 5. The van der Waals surface area contributed by atoms with Gasteiger partial charge < -0.3 is 14.4 Å². The Labute approximate surface area is 142 Å². The van der Waals surface area contributed by atoms with E-state index in [4.69, 9.17) is 14.5 Å². The van der Waals surface area contributed by atoms with Crippen molar-refractivity contribution >= 4 is 5.82 Å². The summed E-state index contributed by atoms with van der Waals surface area (Å²) in [7, 11) is 3.36. The van der Waals surface area contributed by atoms with Crippen molar-refractivity contribution in [2.45, 2.75) is 38.6 Å². The van der Waals surface area contributed by atoms with E-state index in [1.165, 1.54) is 24.0 Å². The van der Waals surface area contributed by atoms with E-state index in [9.17, 15) is 0 Å². The molecule has 2 heterocycles. The van der Waals surface area contributed by atoms with Crippen LogP contribution in [0.4, 0.5) is 5.82 Å². The standard InChI is InChI=1S/C19H23N3O2/c1-12-8-18(21-19(20-12)13-4-5-13)22-7-6-14-9-16(23-2)17(24-3)10-15(14)11-22/h8-10,13H,4-7,11H2,1-3H3. The van der Waals surface area contributed by atoms with E-state index < -0.39 is 0 Å². The third-order valence-electron chi connectivity index (χ3n) is 4.84. The number of nitrogens with zero attached hydrogens (tertiary/aromatic N) is 3. The zero-order valence-corrected chi connectivity index (χ0v) is 14.5. The lowest BCUT2D eigenvalue weighted by molar-refractivity contribution is 0.353. The predicted octanol–water partition coefficient (Wildman–Crippen LogP) is 3.24. The van der Waals surface area contributed by atoms with Gasteiger partial charge in [-0.05, 0) is 49.4 Å². The van der Waals surface area contributed by atoms with Gasteiger partial charge in [-0.15, -0.1) is 0 Å². The topological polar surface area (TPSA) is 47.5 Å². The molecule has 1 aromatic carbocycles. The summed E-state index contributed by atoms with van der Waals surface area (Å²) >= 11 is 0. The molecule has 4 rings (SSSR count). The molecule has 2 aromatic rings. The fourth-order valence-corrected chi connectivity index (χ4v) is 3.34. The van der Waals surface area contributed by atoms with Crippen molar-refractivity contribution in [2.75, 3.05) is 25.7 Å². The van der Waals surface area contributed by atoms with Crippen molar-refractivity contribution in [1.82, 2.24) is 9.97 Å². The fourth-order valence-electron chi connectivity index (χ4n) is 3.34. The summed E-state index contributed by atoms with van der Waals surface area (Å²) in [6.45, 7) is 3.86. The quantitative estimate of drug-likeness (QED) is 0.863. The molecule has 0 bridgehead atoms. The number of benzene rings is 1. The first-order valence-corrected chi connectivity index (χ1v) is 8.52. The van der Waals surface area contributed by atoms with Gasteiger partial charge in [0, 0.05) is 30.8 Å². The van der Waals surface area contributed by atoms with E-state index >= 15 is 0 Å². The van der Waals surface area contributed by atoms with Gasteiger partial charge in [-0.3, -0.25) is 0 Å². The second kappa shape index (κ2) is 5.96. The minimum absolute atomic E-state index is 0.574. The summed E-state index contributed by atoms with van der Waals surface area (Å²) in [5.41, 5.74) is 3.67. The molecule has 5 heteroatoms. The van der Waals surface area contributed by atoms with Crippen LogP contribution in [0.2, 0.25) is 0 Å². The predicted molar refractivity (Wildman–Crippen MR) is 93.0 cm³/mol. The molecular weight excluding hydrogens is 302 g/mol. The molecule has 0 spiro atoms. The van der Waals surface area contributed by atoms with E-state index in [1.807, 2.05) is 0 Å². The number of methoxy groups -OCH3 is 2. The maximum atomic E-state index is 5.45. The third kappa shape index (κ3) is 2.79. The van der Waals surface area contributed by atoms with Gasteiger partial charge in [-0.25, -0.2) is 9.97 Å². The van der Waals surface area contributed by atoms with Crippen LogP contribution in [0.1, 0.15) is 41.4 Å². The van der Waals surface area contributed by atoms with Crippen molar-refractivity contribution in [3.05, 3.63) is 40.8 Å². The smallest absolute Gasteiger partial charge is 0.161 e. The Bertz CT molecular complexity index is 771. The van der Waals surface area contributed by atoms with Crippen LogP contribution in [0.25, 0.3) is 0 Å². The Kier molecular flexibility index (Phi) is 3.79. The second-order valence-electron chi connectivity index (χ2n) is 6.65. The van der Waals surface area contributed by atoms with Gasteiger partial charge in [-0.2, -0.15) is 0 Å². The van der Waals surface area contributed by atoms with Crippen LogP contribution in [0, 0.1) is 6.92 Å². The highest BCUT2D eigenvalue weighted by Gasteiger charge is 2.28. The number of hydrogen-bond donors (Lipinski definition) is 0. The number of ether oxygens (including phenoxy) is 2. The van der Waals surface area contributed by atoms with Gasteiger partial charge in [-0.1, -0.05) is 0 Å². The van der Waals surface area contributed by atoms with Gasteiger partial charge in [0.05, 0.1) is 14.2 Å². The van der Waals surface area contributed by atoms with Crippen LogP contribution in [-0.2, 0) is 13.0 Å². The van der Waals surface area contributed by atoms with Gasteiger partial charge in [0.2, 0.25) is 0 Å². The van der Waals surface area contributed by atoms with E-state index in [0.29, 0.717) is 5.92 Å². The molecule has 1 saturated carbocycles. The molecule has 2 aliphatic rings. The molecular formula is C19H23N3O2. The molecule has 5 nitrogen and oxygen atoms in total. The summed E-state index contributed by atoms with van der Waals surface area (Å²) in [4.78, 5) is 11.8. The van der Waals surface area contributed by atoms with E-state index in [-0.39, 0.29) is 0 Å². The lowest BCUT2D eigenvalue weighted by Gasteiger charge is -2.30. The molecule has 0 radical (unpaired) electrons. The second-order valence-corrected chi connectivity index (χ2v) is 6.65. The van der Waals surface area contributed by atoms with Gasteiger partial charge in [0.15, 0.2) is 11.5 Å². The van der Waals surface area contributed by atoms with Crippen molar-refractivity contribution in [3.63, 3.8) is 0 Å². The first kappa shape index (κ1) is 15.2. The Morgan fingerprint density at radius 1 is 1.00 bits per heavy atom. The van der Waals surface area contributed by atoms with Crippen molar-refractivity contribution in [2.24, 2.45) is 0 Å². The van der Waals surface area contributed by atoms with E-state index in [0.717, 1.165) is 48.3 Å². The zero-order chi connectivity index (χ0) is 16.7.